The second kappa shape index (κ2) is 5.53. The first-order valence-corrected chi connectivity index (χ1v) is 7.65. The smallest absolute Gasteiger partial charge is 0.267 e. The largest absolute Gasteiger partial charge is 0.344 e. The molecular weight excluding hydrogens is 316 g/mol. The third-order valence-electron chi connectivity index (χ3n) is 3.16. The van der Waals surface area contributed by atoms with Gasteiger partial charge in [-0.05, 0) is 24.5 Å². The topological polar surface area (TPSA) is 93.8 Å². The van der Waals surface area contributed by atoms with Crippen molar-refractivity contribution in [2.45, 2.75) is 29.8 Å². The quantitative estimate of drug-likeness (QED) is 0.518. The zero-order valence-electron chi connectivity index (χ0n) is 10.8. The van der Waals surface area contributed by atoms with Crippen molar-refractivity contribution in [2.24, 2.45) is 0 Å². The standard InChI is InChI=1S/C12H11ClN4O3S/c13-9-4-1-7(5-10(9)17(19)20)6-21-12-15-14-11(18)16(12)8-2-3-8/h1,4-5,8H,2-3,6H2,(H,14,18). The molecule has 1 N–H and O–H groups in total. The van der Waals surface area contributed by atoms with Gasteiger partial charge in [-0.2, -0.15) is 0 Å². The molecule has 7 nitrogen and oxygen atoms in total. The molecule has 9 heteroatoms. The maximum atomic E-state index is 11.6. The van der Waals surface area contributed by atoms with Gasteiger partial charge in [0.25, 0.3) is 5.69 Å². The summed E-state index contributed by atoms with van der Waals surface area (Å²) in [6.07, 6.45) is 1.97. The summed E-state index contributed by atoms with van der Waals surface area (Å²) in [5.74, 6) is 0.481. The first kappa shape index (κ1) is 14.2. The number of nitro groups is 1. The molecule has 0 saturated heterocycles. The van der Waals surface area contributed by atoms with Crippen molar-refractivity contribution in [2.75, 3.05) is 0 Å². The van der Waals surface area contributed by atoms with Gasteiger partial charge >= 0.3 is 5.69 Å². The molecule has 1 aromatic heterocycles. The number of halogens is 1. The summed E-state index contributed by atoms with van der Waals surface area (Å²) in [4.78, 5) is 22.0. The highest BCUT2D eigenvalue weighted by Crippen LogP contribution is 2.36. The Morgan fingerprint density at radius 3 is 2.95 bits per heavy atom. The fraction of sp³-hybridized carbons (Fsp3) is 0.333. The van der Waals surface area contributed by atoms with Crippen LogP contribution >= 0.6 is 23.4 Å². The minimum atomic E-state index is -0.509. The molecule has 1 aliphatic carbocycles. The number of nitro benzene ring substituents is 1. The number of rotatable bonds is 5. The Morgan fingerprint density at radius 2 is 2.29 bits per heavy atom. The van der Waals surface area contributed by atoms with Crippen LogP contribution in [0.15, 0.2) is 28.2 Å². The van der Waals surface area contributed by atoms with Crippen molar-refractivity contribution in [3.05, 3.63) is 49.4 Å². The van der Waals surface area contributed by atoms with Gasteiger partial charge in [-0.15, -0.1) is 5.10 Å². The first-order chi connectivity index (χ1) is 10.1. The summed E-state index contributed by atoms with van der Waals surface area (Å²) in [7, 11) is 0. The van der Waals surface area contributed by atoms with Crippen LogP contribution in [0.2, 0.25) is 5.02 Å². The highest BCUT2D eigenvalue weighted by atomic mass is 35.5. The van der Waals surface area contributed by atoms with Gasteiger partial charge in [0, 0.05) is 17.9 Å². The molecule has 1 fully saturated rings. The lowest BCUT2D eigenvalue weighted by Crippen LogP contribution is -2.16. The van der Waals surface area contributed by atoms with E-state index in [0.717, 1.165) is 18.4 Å². The molecule has 0 bridgehead atoms. The highest BCUT2D eigenvalue weighted by molar-refractivity contribution is 7.98. The van der Waals surface area contributed by atoms with E-state index >= 15 is 0 Å². The molecule has 2 aromatic rings. The molecule has 0 spiro atoms. The van der Waals surface area contributed by atoms with Gasteiger partial charge in [-0.3, -0.25) is 14.7 Å². The van der Waals surface area contributed by atoms with Crippen LogP contribution < -0.4 is 5.69 Å². The SMILES string of the molecule is O=c1[nH]nc(SCc2ccc(Cl)c([N+](=O)[O-])c2)n1C1CC1. The molecule has 1 heterocycles. The second-order valence-electron chi connectivity index (χ2n) is 4.74. The Morgan fingerprint density at radius 1 is 1.52 bits per heavy atom. The van der Waals surface area contributed by atoms with Crippen molar-refractivity contribution < 1.29 is 4.92 Å². The van der Waals surface area contributed by atoms with E-state index in [9.17, 15) is 14.9 Å². The lowest BCUT2D eigenvalue weighted by molar-refractivity contribution is -0.384. The molecule has 1 aliphatic rings. The van der Waals surface area contributed by atoms with Crippen LogP contribution in [-0.4, -0.2) is 19.7 Å². The summed E-state index contributed by atoms with van der Waals surface area (Å²) in [5, 5.41) is 18.0. The second-order valence-corrected chi connectivity index (χ2v) is 6.09. The predicted molar refractivity (Wildman–Crippen MR) is 78.8 cm³/mol. The highest BCUT2D eigenvalue weighted by Gasteiger charge is 2.28. The number of hydrogen-bond donors (Lipinski definition) is 1. The van der Waals surface area contributed by atoms with Crippen LogP contribution in [0.3, 0.4) is 0 Å². The molecule has 1 saturated carbocycles. The van der Waals surface area contributed by atoms with Crippen LogP contribution in [-0.2, 0) is 5.75 Å². The Bertz CT molecular complexity index is 753. The lowest BCUT2D eigenvalue weighted by atomic mass is 10.2. The summed E-state index contributed by atoms with van der Waals surface area (Å²) >= 11 is 7.15. The molecule has 3 rings (SSSR count). The van der Waals surface area contributed by atoms with Crippen LogP contribution in [0.1, 0.15) is 24.4 Å². The van der Waals surface area contributed by atoms with Crippen molar-refractivity contribution in [1.82, 2.24) is 14.8 Å². The third-order valence-corrected chi connectivity index (χ3v) is 4.50. The van der Waals surface area contributed by atoms with Crippen molar-refractivity contribution in [3.8, 4) is 0 Å². The third kappa shape index (κ3) is 2.96. The Labute approximate surface area is 128 Å². The van der Waals surface area contributed by atoms with E-state index in [1.54, 1.807) is 10.6 Å². The lowest BCUT2D eigenvalue weighted by Gasteiger charge is -2.04. The van der Waals surface area contributed by atoms with Gasteiger partial charge in [0.15, 0.2) is 5.16 Å². The summed E-state index contributed by atoms with van der Waals surface area (Å²) in [6.45, 7) is 0. The van der Waals surface area contributed by atoms with Crippen LogP contribution in [0.4, 0.5) is 5.69 Å². The minimum absolute atomic E-state index is 0.114. The maximum absolute atomic E-state index is 11.6. The fourth-order valence-electron chi connectivity index (χ4n) is 1.98. The first-order valence-electron chi connectivity index (χ1n) is 6.29. The molecule has 0 radical (unpaired) electrons. The number of aromatic amines is 1. The number of nitrogens with one attached hydrogen (secondary N) is 1. The van der Waals surface area contributed by atoms with E-state index in [2.05, 4.69) is 10.2 Å². The molecular formula is C12H11ClN4O3S. The number of thioether (sulfide) groups is 1. The van der Waals surface area contributed by atoms with Crippen LogP contribution in [0.25, 0.3) is 0 Å². The molecule has 110 valence electrons. The summed E-state index contributed by atoms with van der Waals surface area (Å²) in [6, 6.07) is 4.92. The van der Waals surface area contributed by atoms with E-state index in [4.69, 9.17) is 11.6 Å². The zero-order chi connectivity index (χ0) is 15.0. The average molecular weight is 327 g/mol. The van der Waals surface area contributed by atoms with Crippen molar-refractivity contribution in [1.29, 1.82) is 0 Å². The normalized spacial score (nSPS) is 14.3. The fourth-order valence-corrected chi connectivity index (χ4v) is 3.13. The Hall–Kier alpha value is -1.80. The van der Waals surface area contributed by atoms with Gasteiger partial charge in [-0.1, -0.05) is 29.4 Å². The number of aromatic nitrogens is 3. The molecule has 0 amide bonds. The zero-order valence-corrected chi connectivity index (χ0v) is 12.4. The van der Waals surface area contributed by atoms with Crippen molar-refractivity contribution in [3.63, 3.8) is 0 Å². The number of benzene rings is 1. The predicted octanol–water partition coefficient (Wildman–Crippen LogP) is 2.76. The molecule has 0 unspecified atom stereocenters. The number of hydrogen-bond acceptors (Lipinski definition) is 5. The van der Waals surface area contributed by atoms with Crippen LogP contribution in [0, 0.1) is 10.1 Å². The van der Waals surface area contributed by atoms with Gasteiger partial charge in [0.1, 0.15) is 5.02 Å². The Kier molecular flexibility index (Phi) is 3.73. The monoisotopic (exact) mass is 326 g/mol. The van der Waals surface area contributed by atoms with E-state index in [1.165, 1.54) is 23.9 Å². The Balaban J connectivity index is 1.78. The van der Waals surface area contributed by atoms with E-state index in [1.807, 2.05) is 0 Å². The number of nitrogens with zero attached hydrogens (tertiary/aromatic N) is 3. The van der Waals surface area contributed by atoms with E-state index in [-0.39, 0.29) is 22.4 Å². The summed E-state index contributed by atoms with van der Waals surface area (Å²) < 4.78 is 1.65. The van der Waals surface area contributed by atoms with Crippen molar-refractivity contribution >= 4 is 29.1 Å². The molecule has 1 aromatic carbocycles. The average Bonchev–Trinajstić information content (AvgIpc) is 3.21. The van der Waals surface area contributed by atoms with Gasteiger partial charge in [-0.25, -0.2) is 9.89 Å². The van der Waals surface area contributed by atoms with Crippen LogP contribution in [0.5, 0.6) is 0 Å². The van der Waals surface area contributed by atoms with Gasteiger partial charge in [0.2, 0.25) is 0 Å². The summed E-state index contributed by atoms with van der Waals surface area (Å²) in [5.41, 5.74) is 0.437. The van der Waals surface area contributed by atoms with Gasteiger partial charge < -0.3 is 0 Å². The number of H-pyrrole nitrogens is 1. The molecule has 21 heavy (non-hydrogen) atoms. The van der Waals surface area contributed by atoms with E-state index < -0.39 is 4.92 Å². The van der Waals surface area contributed by atoms with E-state index in [0.29, 0.717) is 10.9 Å². The molecule has 0 atom stereocenters. The molecule has 0 aliphatic heterocycles. The van der Waals surface area contributed by atoms with Gasteiger partial charge in [0.05, 0.1) is 4.92 Å². The minimum Gasteiger partial charge on any atom is -0.267 e. The maximum Gasteiger partial charge on any atom is 0.344 e.